The first-order chi connectivity index (χ1) is 14.0. The summed E-state index contributed by atoms with van der Waals surface area (Å²) in [6.07, 6.45) is 0. The zero-order chi connectivity index (χ0) is 20.8. The van der Waals surface area contributed by atoms with E-state index in [9.17, 15) is 4.79 Å². The van der Waals surface area contributed by atoms with E-state index < -0.39 is 5.25 Å². The van der Waals surface area contributed by atoms with E-state index in [1.807, 2.05) is 37.3 Å². The number of rotatable bonds is 7. The lowest BCUT2D eigenvalue weighted by Gasteiger charge is -2.13. The van der Waals surface area contributed by atoms with Gasteiger partial charge >= 0.3 is 0 Å². The van der Waals surface area contributed by atoms with Crippen LogP contribution in [0.5, 0.6) is 5.75 Å². The Bertz CT molecular complexity index is 1060. The number of aromatic nitrogens is 4. The Balaban J connectivity index is 1.74. The summed E-state index contributed by atoms with van der Waals surface area (Å²) in [5.41, 5.74) is 1.54. The highest BCUT2D eigenvalue weighted by molar-refractivity contribution is 8.00. The summed E-state index contributed by atoms with van der Waals surface area (Å²) in [6, 6.07) is 14.1. The molecule has 2 aromatic carbocycles. The Kier molecular flexibility index (Phi) is 6.69. The van der Waals surface area contributed by atoms with Gasteiger partial charge in [-0.05, 0) is 54.6 Å². The number of nitrogens with one attached hydrogen (secondary N) is 1. The standard InChI is InChI=1S/C19H17ClN6O2S/c1-3-28-17-7-5-4-6-16(17)26-19(23-24-25-26)29-12(2)18(27)22-14-9-8-13(11-21)15(20)10-14/h4-10,12H,3H2,1-2H3,(H,22,27). The van der Waals surface area contributed by atoms with Crippen LogP contribution in [0.15, 0.2) is 47.6 Å². The number of carbonyl (C=O) groups excluding carboxylic acids is 1. The molecule has 148 valence electrons. The van der Waals surface area contributed by atoms with Crippen molar-refractivity contribution in [2.24, 2.45) is 0 Å². The number of nitriles is 1. The lowest BCUT2D eigenvalue weighted by Crippen LogP contribution is -2.23. The highest BCUT2D eigenvalue weighted by Crippen LogP contribution is 2.28. The summed E-state index contributed by atoms with van der Waals surface area (Å²) in [5.74, 6) is 0.400. The first-order valence-electron chi connectivity index (χ1n) is 8.71. The second kappa shape index (κ2) is 9.41. The SMILES string of the molecule is CCOc1ccccc1-n1nnnc1SC(C)C(=O)Nc1ccc(C#N)c(Cl)c1. The van der Waals surface area contributed by atoms with E-state index in [0.29, 0.717) is 34.5 Å². The van der Waals surface area contributed by atoms with Crippen LogP contribution in [0, 0.1) is 11.3 Å². The Morgan fingerprint density at radius 1 is 1.38 bits per heavy atom. The summed E-state index contributed by atoms with van der Waals surface area (Å²) in [4.78, 5) is 12.6. The molecule has 1 amide bonds. The highest BCUT2D eigenvalue weighted by atomic mass is 35.5. The number of halogens is 1. The third-order valence-electron chi connectivity index (χ3n) is 3.84. The topological polar surface area (TPSA) is 106 Å². The van der Waals surface area contributed by atoms with Gasteiger partial charge in [-0.15, -0.1) is 5.10 Å². The van der Waals surface area contributed by atoms with Crippen LogP contribution in [0.25, 0.3) is 5.69 Å². The van der Waals surface area contributed by atoms with Crippen molar-refractivity contribution in [3.8, 4) is 17.5 Å². The van der Waals surface area contributed by atoms with E-state index in [2.05, 4.69) is 20.8 Å². The fourth-order valence-electron chi connectivity index (χ4n) is 2.45. The molecule has 0 saturated carbocycles. The van der Waals surface area contributed by atoms with Gasteiger partial charge in [0.1, 0.15) is 17.5 Å². The number of tetrazole rings is 1. The molecule has 0 spiro atoms. The number of carbonyl (C=O) groups is 1. The van der Waals surface area contributed by atoms with Crippen molar-refractivity contribution in [1.82, 2.24) is 20.2 Å². The molecule has 1 N–H and O–H groups in total. The molecular weight excluding hydrogens is 412 g/mol. The van der Waals surface area contributed by atoms with Gasteiger partial charge in [0.05, 0.1) is 22.4 Å². The van der Waals surface area contributed by atoms with Crippen molar-refractivity contribution in [3.05, 3.63) is 53.1 Å². The Morgan fingerprint density at radius 2 is 2.17 bits per heavy atom. The maximum absolute atomic E-state index is 12.6. The first kappa shape index (κ1) is 20.6. The average Bonchev–Trinajstić information content (AvgIpc) is 3.16. The van der Waals surface area contributed by atoms with Gasteiger partial charge in [0, 0.05) is 5.69 Å². The molecule has 3 aromatic rings. The minimum absolute atomic E-state index is 0.247. The van der Waals surface area contributed by atoms with Crippen molar-refractivity contribution in [2.45, 2.75) is 24.3 Å². The van der Waals surface area contributed by atoms with Gasteiger partial charge in [0.2, 0.25) is 11.1 Å². The van der Waals surface area contributed by atoms with Gasteiger partial charge < -0.3 is 10.1 Å². The average molecular weight is 429 g/mol. The van der Waals surface area contributed by atoms with E-state index in [1.165, 1.54) is 22.5 Å². The van der Waals surface area contributed by atoms with E-state index in [1.54, 1.807) is 19.1 Å². The molecule has 0 fully saturated rings. The number of benzene rings is 2. The van der Waals surface area contributed by atoms with Gasteiger partial charge in [-0.3, -0.25) is 4.79 Å². The van der Waals surface area contributed by atoms with Crippen molar-refractivity contribution >= 4 is 35.0 Å². The molecule has 1 unspecified atom stereocenters. The Morgan fingerprint density at radius 3 is 2.90 bits per heavy atom. The molecule has 1 atom stereocenters. The van der Waals surface area contributed by atoms with Crippen LogP contribution in [0.2, 0.25) is 5.02 Å². The number of nitrogens with zero attached hydrogens (tertiary/aromatic N) is 5. The van der Waals surface area contributed by atoms with Crippen LogP contribution in [0.4, 0.5) is 5.69 Å². The third kappa shape index (κ3) is 4.85. The molecule has 0 aliphatic rings. The van der Waals surface area contributed by atoms with E-state index in [0.717, 1.165) is 0 Å². The summed E-state index contributed by atoms with van der Waals surface area (Å²) in [5, 5.41) is 23.8. The quantitative estimate of drug-likeness (QED) is 0.571. The van der Waals surface area contributed by atoms with Gasteiger partial charge in [-0.25, -0.2) is 0 Å². The predicted octanol–water partition coefficient (Wildman–Crippen LogP) is 3.71. The fraction of sp³-hybridized carbons (Fsp3) is 0.211. The Hall–Kier alpha value is -3.09. The molecule has 1 aromatic heterocycles. The molecule has 0 aliphatic heterocycles. The minimum Gasteiger partial charge on any atom is -0.492 e. The molecule has 0 aliphatic carbocycles. The van der Waals surface area contributed by atoms with E-state index in [4.69, 9.17) is 21.6 Å². The lowest BCUT2D eigenvalue weighted by molar-refractivity contribution is -0.115. The zero-order valence-electron chi connectivity index (χ0n) is 15.7. The number of hydrogen-bond donors (Lipinski definition) is 1. The molecule has 0 bridgehead atoms. The van der Waals surface area contributed by atoms with Crippen LogP contribution >= 0.6 is 23.4 Å². The summed E-state index contributed by atoms with van der Waals surface area (Å²) in [7, 11) is 0. The van der Waals surface area contributed by atoms with Gasteiger partial charge in [-0.1, -0.05) is 35.5 Å². The van der Waals surface area contributed by atoms with Crippen LogP contribution in [-0.2, 0) is 4.79 Å². The fourth-order valence-corrected chi connectivity index (χ4v) is 3.48. The van der Waals surface area contributed by atoms with Crippen LogP contribution in [0.3, 0.4) is 0 Å². The van der Waals surface area contributed by atoms with Gasteiger partial charge in [0.15, 0.2) is 0 Å². The zero-order valence-corrected chi connectivity index (χ0v) is 17.2. The van der Waals surface area contributed by atoms with Crippen LogP contribution < -0.4 is 10.1 Å². The van der Waals surface area contributed by atoms with E-state index in [-0.39, 0.29) is 10.9 Å². The first-order valence-corrected chi connectivity index (χ1v) is 9.97. The molecule has 1 heterocycles. The molecular formula is C19H17ClN6O2S. The molecule has 0 saturated heterocycles. The maximum atomic E-state index is 12.6. The number of amides is 1. The van der Waals surface area contributed by atoms with Gasteiger partial charge in [0.25, 0.3) is 0 Å². The number of ether oxygens (including phenoxy) is 1. The van der Waals surface area contributed by atoms with Gasteiger partial charge in [-0.2, -0.15) is 9.94 Å². The van der Waals surface area contributed by atoms with Crippen molar-refractivity contribution in [2.75, 3.05) is 11.9 Å². The maximum Gasteiger partial charge on any atom is 0.237 e. The summed E-state index contributed by atoms with van der Waals surface area (Å²) >= 11 is 7.23. The third-order valence-corrected chi connectivity index (χ3v) is 5.19. The van der Waals surface area contributed by atoms with Crippen molar-refractivity contribution in [1.29, 1.82) is 5.26 Å². The molecule has 8 nitrogen and oxygen atoms in total. The normalized spacial score (nSPS) is 11.5. The van der Waals surface area contributed by atoms with Crippen molar-refractivity contribution in [3.63, 3.8) is 0 Å². The molecule has 3 rings (SSSR count). The summed E-state index contributed by atoms with van der Waals surface area (Å²) < 4.78 is 7.18. The van der Waals surface area contributed by atoms with Crippen molar-refractivity contribution < 1.29 is 9.53 Å². The van der Waals surface area contributed by atoms with Crippen LogP contribution in [0.1, 0.15) is 19.4 Å². The van der Waals surface area contributed by atoms with E-state index >= 15 is 0 Å². The monoisotopic (exact) mass is 428 g/mol. The lowest BCUT2D eigenvalue weighted by atomic mass is 10.2. The predicted molar refractivity (Wildman–Crippen MR) is 110 cm³/mol. The molecule has 10 heteroatoms. The van der Waals surface area contributed by atoms with Crippen LogP contribution in [-0.4, -0.2) is 38.0 Å². The Labute approximate surface area is 176 Å². The number of thioether (sulfide) groups is 1. The number of hydrogen-bond acceptors (Lipinski definition) is 7. The minimum atomic E-state index is -0.492. The number of para-hydroxylation sites is 2. The summed E-state index contributed by atoms with van der Waals surface area (Å²) in [6.45, 7) is 4.15. The molecule has 0 radical (unpaired) electrons. The highest BCUT2D eigenvalue weighted by Gasteiger charge is 2.21. The largest absolute Gasteiger partial charge is 0.492 e. The second-order valence-corrected chi connectivity index (χ2v) is 7.54. The number of anilines is 1. The second-order valence-electron chi connectivity index (χ2n) is 5.83. The smallest absolute Gasteiger partial charge is 0.237 e. The molecule has 29 heavy (non-hydrogen) atoms.